The summed E-state index contributed by atoms with van der Waals surface area (Å²) in [6.07, 6.45) is 4.78. The van der Waals surface area contributed by atoms with Crippen LogP contribution in [0.3, 0.4) is 0 Å². The molecule has 1 heterocycles. The van der Waals surface area contributed by atoms with Gasteiger partial charge in [0.15, 0.2) is 0 Å². The van der Waals surface area contributed by atoms with E-state index in [1.807, 2.05) is 0 Å². The first kappa shape index (κ1) is 19.3. The van der Waals surface area contributed by atoms with E-state index in [0.29, 0.717) is 16.1 Å². The Morgan fingerprint density at radius 1 is 1.32 bits per heavy atom. The van der Waals surface area contributed by atoms with Crippen molar-refractivity contribution >= 4 is 39.9 Å². The van der Waals surface area contributed by atoms with E-state index < -0.39 is 16.7 Å². The summed E-state index contributed by atoms with van der Waals surface area (Å²) in [6, 6.07) is 7.40. The highest BCUT2D eigenvalue weighted by Crippen LogP contribution is 2.38. The summed E-state index contributed by atoms with van der Waals surface area (Å²) >= 11 is 1.30. The number of benzene rings is 1. The SMILES string of the molecule is N#C/C(=C\c1cccc([N+](=O)[O-])c1)C(=O)Nc1sc2c(c1C(N)=O)CCCC2. The number of amides is 2. The predicted octanol–water partition coefficient (Wildman–Crippen LogP) is 3.18. The minimum atomic E-state index is -0.699. The van der Waals surface area contributed by atoms with Crippen molar-refractivity contribution in [2.24, 2.45) is 5.73 Å². The Balaban J connectivity index is 1.90. The Labute approximate surface area is 164 Å². The number of fused-ring (bicyclic) bond motifs is 1. The summed E-state index contributed by atoms with van der Waals surface area (Å²) < 4.78 is 0. The summed E-state index contributed by atoms with van der Waals surface area (Å²) in [6.45, 7) is 0. The number of hydrogen-bond acceptors (Lipinski definition) is 6. The average molecular weight is 396 g/mol. The lowest BCUT2D eigenvalue weighted by Crippen LogP contribution is -2.19. The van der Waals surface area contributed by atoms with E-state index in [1.165, 1.54) is 35.6 Å². The number of non-ortho nitro benzene ring substituents is 1. The monoisotopic (exact) mass is 396 g/mol. The molecule has 0 aliphatic heterocycles. The van der Waals surface area contributed by atoms with Crippen molar-refractivity contribution in [2.45, 2.75) is 25.7 Å². The van der Waals surface area contributed by atoms with Crippen molar-refractivity contribution in [1.29, 1.82) is 5.26 Å². The van der Waals surface area contributed by atoms with Crippen molar-refractivity contribution in [3.8, 4) is 6.07 Å². The maximum atomic E-state index is 12.6. The second kappa shape index (κ2) is 8.02. The number of nitriles is 1. The third-order valence-electron chi connectivity index (χ3n) is 4.40. The number of nitrogens with one attached hydrogen (secondary N) is 1. The Bertz CT molecular complexity index is 1050. The van der Waals surface area contributed by atoms with Crippen LogP contribution in [0.5, 0.6) is 0 Å². The summed E-state index contributed by atoms with van der Waals surface area (Å²) in [7, 11) is 0. The maximum absolute atomic E-state index is 12.6. The molecule has 1 aromatic heterocycles. The van der Waals surface area contributed by atoms with Crippen molar-refractivity contribution in [2.75, 3.05) is 5.32 Å². The Kier molecular flexibility index (Phi) is 5.52. The first-order valence-electron chi connectivity index (χ1n) is 8.52. The van der Waals surface area contributed by atoms with E-state index in [0.717, 1.165) is 36.1 Å². The van der Waals surface area contributed by atoms with E-state index in [4.69, 9.17) is 5.73 Å². The van der Waals surface area contributed by atoms with Gasteiger partial charge in [0.25, 0.3) is 17.5 Å². The van der Waals surface area contributed by atoms with Crippen molar-refractivity contribution < 1.29 is 14.5 Å². The van der Waals surface area contributed by atoms with Crippen molar-refractivity contribution in [3.63, 3.8) is 0 Å². The molecule has 3 rings (SSSR count). The van der Waals surface area contributed by atoms with Gasteiger partial charge in [0.05, 0.1) is 10.5 Å². The van der Waals surface area contributed by atoms with Gasteiger partial charge in [0.2, 0.25) is 0 Å². The van der Waals surface area contributed by atoms with Crippen LogP contribution in [0.2, 0.25) is 0 Å². The number of nitro benzene ring substituents is 1. The summed E-state index contributed by atoms with van der Waals surface area (Å²) in [5.74, 6) is -1.31. The average Bonchev–Trinajstić information content (AvgIpc) is 3.04. The van der Waals surface area contributed by atoms with Gasteiger partial charge in [-0.1, -0.05) is 12.1 Å². The van der Waals surface area contributed by atoms with Gasteiger partial charge in [-0.15, -0.1) is 11.3 Å². The molecule has 0 spiro atoms. The number of nitro groups is 1. The third kappa shape index (κ3) is 3.92. The van der Waals surface area contributed by atoms with E-state index >= 15 is 0 Å². The highest BCUT2D eigenvalue weighted by Gasteiger charge is 2.25. The van der Waals surface area contributed by atoms with Crippen LogP contribution in [0.25, 0.3) is 6.08 Å². The topological polar surface area (TPSA) is 139 Å². The van der Waals surface area contributed by atoms with Crippen molar-refractivity contribution in [1.82, 2.24) is 0 Å². The molecule has 0 fully saturated rings. The molecular weight excluding hydrogens is 380 g/mol. The number of nitrogens with zero attached hydrogens (tertiary/aromatic N) is 2. The van der Waals surface area contributed by atoms with Crippen LogP contribution < -0.4 is 11.1 Å². The maximum Gasteiger partial charge on any atom is 0.270 e. The van der Waals surface area contributed by atoms with E-state index in [1.54, 1.807) is 12.1 Å². The standard InChI is InChI=1S/C19H16N4O4S/c20-10-12(8-11-4-3-5-13(9-11)23(26)27)18(25)22-19-16(17(21)24)14-6-1-2-7-15(14)28-19/h3-5,8-9H,1-2,6-7H2,(H2,21,24)(H,22,25)/b12-8+. The minimum Gasteiger partial charge on any atom is -0.365 e. The summed E-state index contributed by atoms with van der Waals surface area (Å²) in [5.41, 5.74) is 6.66. The quantitative estimate of drug-likeness (QED) is 0.346. The highest BCUT2D eigenvalue weighted by molar-refractivity contribution is 7.17. The number of carbonyl (C=O) groups excluding carboxylic acids is 2. The second-order valence-electron chi connectivity index (χ2n) is 6.26. The molecule has 8 nitrogen and oxygen atoms in total. The van der Waals surface area contributed by atoms with Gasteiger partial charge in [-0.05, 0) is 42.9 Å². The fourth-order valence-corrected chi connectivity index (χ4v) is 4.42. The summed E-state index contributed by atoms with van der Waals surface area (Å²) in [4.78, 5) is 35.8. The minimum absolute atomic E-state index is 0.145. The van der Waals surface area contributed by atoms with Crippen LogP contribution in [-0.2, 0) is 17.6 Å². The normalized spacial score (nSPS) is 13.3. The van der Waals surface area contributed by atoms with Gasteiger partial charge in [-0.2, -0.15) is 5.26 Å². The van der Waals surface area contributed by atoms with Gasteiger partial charge >= 0.3 is 0 Å². The molecular formula is C19H16N4O4S. The lowest BCUT2D eigenvalue weighted by Gasteiger charge is -2.11. The second-order valence-corrected chi connectivity index (χ2v) is 7.36. The molecule has 0 bridgehead atoms. The van der Waals surface area contributed by atoms with Crippen LogP contribution in [0.15, 0.2) is 29.8 Å². The first-order chi connectivity index (χ1) is 13.4. The third-order valence-corrected chi connectivity index (χ3v) is 5.61. The molecule has 0 radical (unpaired) electrons. The lowest BCUT2D eigenvalue weighted by molar-refractivity contribution is -0.384. The van der Waals surface area contributed by atoms with E-state index in [9.17, 15) is 25.0 Å². The number of primary amides is 1. The molecule has 0 saturated heterocycles. The zero-order chi connectivity index (χ0) is 20.3. The van der Waals surface area contributed by atoms with E-state index in [2.05, 4.69) is 5.32 Å². The Morgan fingerprint density at radius 2 is 2.07 bits per heavy atom. The van der Waals surface area contributed by atoms with Crippen LogP contribution >= 0.6 is 11.3 Å². The molecule has 9 heteroatoms. The number of thiophene rings is 1. The molecule has 0 unspecified atom stereocenters. The molecule has 0 saturated carbocycles. The molecule has 1 aliphatic rings. The molecule has 2 aromatic rings. The number of anilines is 1. The molecule has 2 amide bonds. The van der Waals surface area contributed by atoms with Crippen LogP contribution in [0.4, 0.5) is 10.7 Å². The van der Waals surface area contributed by atoms with Crippen LogP contribution in [-0.4, -0.2) is 16.7 Å². The number of hydrogen-bond donors (Lipinski definition) is 2. The Morgan fingerprint density at radius 3 is 2.75 bits per heavy atom. The van der Waals surface area contributed by atoms with Gasteiger partial charge in [0, 0.05) is 17.0 Å². The predicted molar refractivity (Wildman–Crippen MR) is 105 cm³/mol. The molecule has 3 N–H and O–H groups in total. The zero-order valence-electron chi connectivity index (χ0n) is 14.7. The van der Waals surface area contributed by atoms with Gasteiger partial charge in [-0.25, -0.2) is 0 Å². The number of carbonyl (C=O) groups is 2. The molecule has 0 atom stereocenters. The zero-order valence-corrected chi connectivity index (χ0v) is 15.5. The number of rotatable bonds is 5. The molecule has 1 aliphatic carbocycles. The van der Waals surface area contributed by atoms with Gasteiger partial charge < -0.3 is 11.1 Å². The fourth-order valence-electron chi connectivity index (χ4n) is 3.13. The van der Waals surface area contributed by atoms with Gasteiger partial charge in [-0.3, -0.25) is 19.7 Å². The lowest BCUT2D eigenvalue weighted by atomic mass is 9.95. The number of aryl methyl sites for hydroxylation is 1. The fraction of sp³-hybridized carbons (Fsp3) is 0.211. The van der Waals surface area contributed by atoms with Gasteiger partial charge in [0.1, 0.15) is 16.6 Å². The largest absolute Gasteiger partial charge is 0.365 e. The summed E-state index contributed by atoms with van der Waals surface area (Å²) in [5, 5.41) is 23.2. The van der Waals surface area contributed by atoms with Crippen molar-refractivity contribution in [3.05, 3.63) is 61.5 Å². The number of nitrogens with two attached hydrogens (primary N) is 1. The first-order valence-corrected chi connectivity index (χ1v) is 9.34. The highest BCUT2D eigenvalue weighted by atomic mass is 32.1. The van der Waals surface area contributed by atoms with E-state index in [-0.39, 0.29) is 11.3 Å². The van der Waals surface area contributed by atoms with Crippen LogP contribution in [0, 0.1) is 21.4 Å². The molecule has 1 aromatic carbocycles. The molecule has 28 heavy (non-hydrogen) atoms. The smallest absolute Gasteiger partial charge is 0.270 e. The molecule has 142 valence electrons. The van der Waals surface area contributed by atoms with Crippen LogP contribution in [0.1, 0.15) is 39.2 Å². The Hall–Kier alpha value is -3.51.